The first-order valence-corrected chi connectivity index (χ1v) is 6.49. The first-order valence-electron chi connectivity index (χ1n) is 5.61. The van der Waals surface area contributed by atoms with E-state index >= 15 is 0 Å². The molecule has 0 aromatic carbocycles. The molecule has 5 heteroatoms. The van der Waals surface area contributed by atoms with E-state index in [-0.39, 0.29) is 6.04 Å². The van der Waals surface area contributed by atoms with Crippen molar-refractivity contribution in [3.8, 4) is 5.75 Å². The highest BCUT2D eigenvalue weighted by molar-refractivity contribution is 7.10. The SMILES string of the molecule is CCn1nccc1C(NC)c1cc(OC)cs1. The molecular formula is C12H17N3OS. The summed E-state index contributed by atoms with van der Waals surface area (Å²) in [6, 6.07) is 4.29. The van der Waals surface area contributed by atoms with Crippen LogP contribution in [0.1, 0.15) is 23.5 Å². The van der Waals surface area contributed by atoms with Crippen molar-refractivity contribution in [1.29, 1.82) is 0 Å². The van der Waals surface area contributed by atoms with Gasteiger partial charge in [-0.3, -0.25) is 4.68 Å². The van der Waals surface area contributed by atoms with Crippen molar-refractivity contribution in [3.05, 3.63) is 34.3 Å². The van der Waals surface area contributed by atoms with E-state index in [2.05, 4.69) is 29.5 Å². The third kappa shape index (κ3) is 2.35. The summed E-state index contributed by atoms with van der Waals surface area (Å²) >= 11 is 1.70. The normalized spacial score (nSPS) is 12.6. The van der Waals surface area contributed by atoms with Gasteiger partial charge in [-0.05, 0) is 26.1 Å². The van der Waals surface area contributed by atoms with Crippen LogP contribution in [0.2, 0.25) is 0 Å². The zero-order chi connectivity index (χ0) is 12.3. The van der Waals surface area contributed by atoms with Crippen molar-refractivity contribution in [3.63, 3.8) is 0 Å². The number of hydrogen-bond donors (Lipinski definition) is 1. The Balaban J connectivity index is 2.33. The molecule has 1 atom stereocenters. The largest absolute Gasteiger partial charge is 0.496 e. The molecule has 0 saturated carbocycles. The van der Waals surface area contributed by atoms with Crippen molar-refractivity contribution in [2.75, 3.05) is 14.2 Å². The summed E-state index contributed by atoms with van der Waals surface area (Å²) in [6.45, 7) is 2.97. The summed E-state index contributed by atoms with van der Waals surface area (Å²) in [5.74, 6) is 0.910. The van der Waals surface area contributed by atoms with E-state index in [1.54, 1.807) is 18.4 Å². The van der Waals surface area contributed by atoms with Gasteiger partial charge in [-0.25, -0.2) is 0 Å². The van der Waals surface area contributed by atoms with Gasteiger partial charge in [0.05, 0.1) is 18.8 Å². The number of thiophene rings is 1. The van der Waals surface area contributed by atoms with Crippen LogP contribution in [-0.4, -0.2) is 23.9 Å². The number of methoxy groups -OCH3 is 1. The van der Waals surface area contributed by atoms with Crippen LogP contribution in [0.5, 0.6) is 5.75 Å². The molecule has 0 aliphatic heterocycles. The Bertz CT molecular complexity index is 478. The van der Waals surface area contributed by atoms with Gasteiger partial charge < -0.3 is 10.1 Å². The molecular weight excluding hydrogens is 234 g/mol. The molecule has 0 bridgehead atoms. The fraction of sp³-hybridized carbons (Fsp3) is 0.417. The second kappa shape index (κ2) is 5.33. The van der Waals surface area contributed by atoms with Gasteiger partial charge in [-0.15, -0.1) is 11.3 Å². The molecule has 0 aliphatic carbocycles. The number of aromatic nitrogens is 2. The average molecular weight is 251 g/mol. The topological polar surface area (TPSA) is 39.1 Å². The quantitative estimate of drug-likeness (QED) is 0.886. The van der Waals surface area contributed by atoms with Crippen LogP contribution < -0.4 is 10.1 Å². The predicted octanol–water partition coefficient (Wildman–Crippen LogP) is 2.28. The summed E-state index contributed by atoms with van der Waals surface area (Å²) in [4.78, 5) is 1.24. The molecule has 1 unspecified atom stereocenters. The van der Waals surface area contributed by atoms with Crippen LogP contribution >= 0.6 is 11.3 Å². The van der Waals surface area contributed by atoms with E-state index in [9.17, 15) is 0 Å². The van der Waals surface area contributed by atoms with Crippen LogP contribution in [0.3, 0.4) is 0 Å². The van der Waals surface area contributed by atoms with Crippen molar-refractivity contribution >= 4 is 11.3 Å². The molecule has 0 amide bonds. The fourth-order valence-corrected chi connectivity index (χ4v) is 2.86. The molecule has 0 saturated heterocycles. The lowest BCUT2D eigenvalue weighted by Gasteiger charge is -2.15. The minimum Gasteiger partial charge on any atom is -0.496 e. The maximum atomic E-state index is 5.22. The van der Waals surface area contributed by atoms with E-state index in [1.165, 1.54) is 10.6 Å². The lowest BCUT2D eigenvalue weighted by atomic mass is 10.1. The summed E-state index contributed by atoms with van der Waals surface area (Å²) in [5.41, 5.74) is 1.18. The van der Waals surface area contributed by atoms with Gasteiger partial charge in [0.1, 0.15) is 5.75 Å². The van der Waals surface area contributed by atoms with Crippen LogP contribution in [0.15, 0.2) is 23.7 Å². The van der Waals surface area contributed by atoms with E-state index in [4.69, 9.17) is 4.74 Å². The molecule has 0 radical (unpaired) electrons. The molecule has 0 fully saturated rings. The van der Waals surface area contributed by atoms with Crippen molar-refractivity contribution in [1.82, 2.24) is 15.1 Å². The molecule has 2 aromatic rings. The molecule has 1 N–H and O–H groups in total. The van der Waals surface area contributed by atoms with Crippen LogP contribution in [-0.2, 0) is 6.54 Å². The minimum absolute atomic E-state index is 0.173. The third-order valence-electron chi connectivity index (χ3n) is 2.75. The molecule has 17 heavy (non-hydrogen) atoms. The molecule has 2 rings (SSSR count). The fourth-order valence-electron chi connectivity index (χ4n) is 1.88. The number of nitrogens with one attached hydrogen (secondary N) is 1. The molecule has 92 valence electrons. The molecule has 2 aromatic heterocycles. The highest BCUT2D eigenvalue weighted by Gasteiger charge is 2.18. The molecule has 2 heterocycles. The Morgan fingerprint density at radius 2 is 2.41 bits per heavy atom. The van der Waals surface area contributed by atoms with Gasteiger partial charge in [0.25, 0.3) is 0 Å². The second-order valence-corrected chi connectivity index (χ2v) is 4.63. The van der Waals surface area contributed by atoms with Gasteiger partial charge in [0.2, 0.25) is 0 Å². The number of ether oxygens (including phenoxy) is 1. The van der Waals surface area contributed by atoms with Crippen molar-refractivity contribution < 1.29 is 4.74 Å². The summed E-state index contributed by atoms with van der Waals surface area (Å²) < 4.78 is 7.23. The number of aryl methyl sites for hydroxylation is 1. The maximum absolute atomic E-state index is 5.22. The first kappa shape index (κ1) is 12.1. The zero-order valence-corrected chi connectivity index (χ0v) is 11.1. The van der Waals surface area contributed by atoms with Gasteiger partial charge in [0, 0.05) is 23.0 Å². The Labute approximate surface area is 105 Å². The monoisotopic (exact) mass is 251 g/mol. The lowest BCUT2D eigenvalue weighted by molar-refractivity contribution is 0.416. The highest BCUT2D eigenvalue weighted by Crippen LogP contribution is 2.30. The molecule has 4 nitrogen and oxygen atoms in total. The standard InChI is InChI=1S/C12H17N3OS/c1-4-15-10(5-6-14-15)12(13-2)11-7-9(16-3)8-17-11/h5-8,12-13H,4H2,1-3H3. The Hall–Kier alpha value is -1.33. The number of hydrogen-bond acceptors (Lipinski definition) is 4. The maximum Gasteiger partial charge on any atom is 0.129 e. The first-order chi connectivity index (χ1) is 8.30. The summed E-state index contributed by atoms with van der Waals surface area (Å²) in [6.07, 6.45) is 1.84. The van der Waals surface area contributed by atoms with Crippen LogP contribution in [0.4, 0.5) is 0 Å². The molecule has 0 spiro atoms. The number of rotatable bonds is 5. The van der Waals surface area contributed by atoms with Gasteiger partial charge in [0.15, 0.2) is 0 Å². The van der Waals surface area contributed by atoms with E-state index in [0.29, 0.717) is 0 Å². The number of nitrogens with zero attached hydrogens (tertiary/aromatic N) is 2. The average Bonchev–Trinajstić information content (AvgIpc) is 2.99. The van der Waals surface area contributed by atoms with Crippen molar-refractivity contribution in [2.24, 2.45) is 0 Å². The molecule has 0 aliphatic rings. The third-order valence-corrected chi connectivity index (χ3v) is 3.73. The van der Waals surface area contributed by atoms with E-state index < -0.39 is 0 Å². The highest BCUT2D eigenvalue weighted by atomic mass is 32.1. The predicted molar refractivity (Wildman–Crippen MR) is 69.7 cm³/mol. The lowest BCUT2D eigenvalue weighted by Crippen LogP contribution is -2.20. The zero-order valence-electron chi connectivity index (χ0n) is 10.3. The summed E-state index contributed by atoms with van der Waals surface area (Å²) in [7, 11) is 3.65. The van der Waals surface area contributed by atoms with Crippen molar-refractivity contribution in [2.45, 2.75) is 19.5 Å². The Morgan fingerprint density at radius 3 is 3.00 bits per heavy atom. The Kier molecular flexibility index (Phi) is 3.81. The Morgan fingerprint density at radius 1 is 1.59 bits per heavy atom. The van der Waals surface area contributed by atoms with E-state index in [1.807, 2.05) is 23.3 Å². The second-order valence-electron chi connectivity index (χ2n) is 3.68. The van der Waals surface area contributed by atoms with Gasteiger partial charge >= 0.3 is 0 Å². The van der Waals surface area contributed by atoms with Gasteiger partial charge in [-0.2, -0.15) is 5.10 Å². The van der Waals surface area contributed by atoms with Gasteiger partial charge in [-0.1, -0.05) is 0 Å². The minimum atomic E-state index is 0.173. The van der Waals surface area contributed by atoms with E-state index in [0.717, 1.165) is 12.3 Å². The summed E-state index contributed by atoms with van der Waals surface area (Å²) in [5, 5.41) is 9.65. The smallest absolute Gasteiger partial charge is 0.129 e. The van der Waals surface area contributed by atoms with Crippen LogP contribution in [0.25, 0.3) is 0 Å². The van der Waals surface area contributed by atoms with Crippen LogP contribution in [0, 0.1) is 0 Å².